The van der Waals surface area contributed by atoms with E-state index in [9.17, 15) is 29.7 Å². The molecular weight excluding hydrogens is 590 g/mol. The topological polar surface area (TPSA) is 163 Å². The number of hydrogen-bond donors (Lipinski definition) is 3. The number of nitrogens with zero attached hydrogens (tertiary/aromatic N) is 3. The van der Waals surface area contributed by atoms with E-state index in [0.717, 1.165) is 4.90 Å². The number of ether oxygens (including phenoxy) is 2. The predicted octanol–water partition coefficient (Wildman–Crippen LogP) is 3.51. The first-order valence-corrected chi connectivity index (χ1v) is 15.6. The van der Waals surface area contributed by atoms with E-state index in [1.165, 1.54) is 43.0 Å². The van der Waals surface area contributed by atoms with Crippen molar-refractivity contribution in [2.24, 2.45) is 17.8 Å². The molecule has 236 valence electrons. The summed E-state index contributed by atoms with van der Waals surface area (Å²) in [6, 6.07) is 6.60. The summed E-state index contributed by atoms with van der Waals surface area (Å²) in [5.74, 6) is -1.83. The van der Waals surface area contributed by atoms with Crippen molar-refractivity contribution in [2.75, 3.05) is 13.7 Å². The number of rotatable bonds is 9. The third kappa shape index (κ3) is 4.99. The number of oxazole rings is 1. The van der Waals surface area contributed by atoms with Gasteiger partial charge in [0.1, 0.15) is 23.7 Å². The van der Waals surface area contributed by atoms with Gasteiger partial charge in [-0.25, -0.2) is 19.5 Å². The van der Waals surface area contributed by atoms with Gasteiger partial charge in [0, 0.05) is 5.56 Å². The molecule has 2 saturated carbocycles. The Kier molecular flexibility index (Phi) is 8.02. The minimum absolute atomic E-state index is 0.00396. The summed E-state index contributed by atoms with van der Waals surface area (Å²) in [4.78, 5) is 47.8. The van der Waals surface area contributed by atoms with Crippen molar-refractivity contribution in [2.45, 2.75) is 75.4 Å². The molecule has 3 N–H and O–H groups in total. The highest BCUT2D eigenvalue weighted by atomic mass is 32.2. The lowest BCUT2D eigenvalue weighted by Gasteiger charge is -2.47. The number of aliphatic carboxylic acids is 1. The van der Waals surface area contributed by atoms with Gasteiger partial charge in [0.15, 0.2) is 0 Å². The molecule has 1 aromatic carbocycles. The van der Waals surface area contributed by atoms with Crippen LogP contribution in [0.4, 0.5) is 4.79 Å². The number of fused-ring (bicyclic) bond motifs is 2. The molecule has 5 unspecified atom stereocenters. The number of imide groups is 1. The Morgan fingerprint density at radius 2 is 1.95 bits per heavy atom. The number of methoxy groups -OCH3 is 1. The number of para-hydroxylation sites is 1. The van der Waals surface area contributed by atoms with Gasteiger partial charge in [-0.05, 0) is 63.5 Å². The zero-order valence-electron chi connectivity index (χ0n) is 25.0. The molecule has 1 aromatic heterocycles. The Morgan fingerprint density at radius 3 is 2.61 bits per heavy atom. The Bertz CT molecular complexity index is 1480. The number of carboxylic acids is 1. The Hall–Kier alpha value is -3.39. The normalized spacial score (nSPS) is 31.0. The summed E-state index contributed by atoms with van der Waals surface area (Å²) in [6.07, 6.45) is 2.11. The molecular formula is C31H37N3O9S. The van der Waals surface area contributed by atoms with Gasteiger partial charge in [-0.2, -0.15) is 0 Å². The first kappa shape index (κ1) is 30.6. The van der Waals surface area contributed by atoms with E-state index in [1.54, 1.807) is 20.1 Å². The summed E-state index contributed by atoms with van der Waals surface area (Å²) < 4.78 is 18.0. The second-order valence-electron chi connectivity index (χ2n) is 12.5. The van der Waals surface area contributed by atoms with Crippen LogP contribution in [0.15, 0.2) is 46.7 Å². The first-order chi connectivity index (χ1) is 20.9. The molecule has 12 nitrogen and oxygen atoms in total. The maximum atomic E-state index is 14.3. The summed E-state index contributed by atoms with van der Waals surface area (Å²) >= 11 is 1.29. The van der Waals surface area contributed by atoms with E-state index in [-0.39, 0.29) is 24.5 Å². The lowest BCUT2D eigenvalue weighted by atomic mass is 9.91. The summed E-state index contributed by atoms with van der Waals surface area (Å²) in [5, 5.41) is 30.1. The first-order valence-electron chi connectivity index (χ1n) is 14.7. The molecule has 0 spiro atoms. The van der Waals surface area contributed by atoms with Crippen LogP contribution >= 0.6 is 11.8 Å². The zero-order valence-corrected chi connectivity index (χ0v) is 25.8. The van der Waals surface area contributed by atoms with Crippen LogP contribution in [0.2, 0.25) is 0 Å². The van der Waals surface area contributed by atoms with Crippen molar-refractivity contribution in [1.82, 2.24) is 14.8 Å². The van der Waals surface area contributed by atoms with Crippen molar-refractivity contribution < 1.29 is 43.6 Å². The number of aromatic nitrogens is 1. The predicted molar refractivity (Wildman–Crippen MR) is 158 cm³/mol. The van der Waals surface area contributed by atoms with Gasteiger partial charge in [-0.1, -0.05) is 30.0 Å². The highest BCUT2D eigenvalue weighted by Crippen LogP contribution is 2.53. The molecule has 8 atom stereocenters. The number of carbonyl (C=O) groups is 3. The van der Waals surface area contributed by atoms with Crippen molar-refractivity contribution in [3.05, 3.63) is 53.8 Å². The number of hydrogen-bond acceptors (Lipinski definition) is 10. The molecule has 2 aliphatic carbocycles. The molecule has 3 fully saturated rings. The van der Waals surface area contributed by atoms with E-state index in [0.29, 0.717) is 46.9 Å². The van der Waals surface area contributed by atoms with Crippen LogP contribution in [0, 0.1) is 17.8 Å². The monoisotopic (exact) mass is 627 g/mol. The molecule has 2 aromatic rings. The second-order valence-corrected chi connectivity index (χ2v) is 13.6. The third-order valence-corrected chi connectivity index (χ3v) is 11.1. The number of amides is 3. The molecule has 4 aliphatic rings. The largest absolute Gasteiger partial charge is 0.496 e. The zero-order chi connectivity index (χ0) is 31.5. The smallest absolute Gasteiger partial charge is 0.329 e. The maximum absolute atomic E-state index is 14.3. The van der Waals surface area contributed by atoms with Crippen LogP contribution in [-0.2, 0) is 14.3 Å². The second kappa shape index (κ2) is 11.5. The molecule has 0 bridgehead atoms. The van der Waals surface area contributed by atoms with Gasteiger partial charge in [-0.3, -0.25) is 4.79 Å². The fourth-order valence-corrected chi connectivity index (χ4v) is 8.72. The number of benzene rings is 1. The minimum atomic E-state index is -1.82. The van der Waals surface area contributed by atoms with Crippen molar-refractivity contribution >= 4 is 34.6 Å². The molecule has 13 heteroatoms. The van der Waals surface area contributed by atoms with Crippen LogP contribution in [0.5, 0.6) is 5.75 Å². The third-order valence-electron chi connectivity index (χ3n) is 9.58. The van der Waals surface area contributed by atoms with Gasteiger partial charge in [0.2, 0.25) is 11.8 Å². The molecule has 1 saturated heterocycles. The Labute approximate surface area is 259 Å². The fraction of sp³-hybridized carbons (Fsp3) is 0.548. The number of urea groups is 1. The minimum Gasteiger partial charge on any atom is -0.496 e. The maximum Gasteiger partial charge on any atom is 0.329 e. The highest BCUT2D eigenvalue weighted by Gasteiger charge is 2.58. The number of aliphatic hydroxyl groups is 2. The molecule has 6 rings (SSSR count). The van der Waals surface area contributed by atoms with E-state index >= 15 is 0 Å². The van der Waals surface area contributed by atoms with Gasteiger partial charge >= 0.3 is 12.0 Å². The quantitative estimate of drug-likeness (QED) is 0.373. The Morgan fingerprint density at radius 1 is 1.20 bits per heavy atom. The molecule has 44 heavy (non-hydrogen) atoms. The van der Waals surface area contributed by atoms with E-state index in [2.05, 4.69) is 4.98 Å². The number of carbonyl (C=O) groups excluding carboxylic acids is 2. The van der Waals surface area contributed by atoms with Gasteiger partial charge < -0.3 is 34.1 Å². The van der Waals surface area contributed by atoms with E-state index < -0.39 is 53.1 Å². The van der Waals surface area contributed by atoms with Crippen LogP contribution in [0.3, 0.4) is 0 Å². The summed E-state index contributed by atoms with van der Waals surface area (Å²) in [7, 11) is 1.55. The number of aliphatic hydroxyl groups excluding tert-OH is 2. The Balaban J connectivity index is 1.38. The average Bonchev–Trinajstić information content (AvgIpc) is 3.77. The van der Waals surface area contributed by atoms with Crippen LogP contribution < -0.4 is 4.74 Å². The van der Waals surface area contributed by atoms with E-state index in [4.69, 9.17) is 13.9 Å². The standard InChI is InChI=1S/C31H37N3O9S/c1-15-23-27(37)34(31(2,3)29(38)39)30(40)33(28(23)44-25(15)26-32-9-10-42-26)14-22(18-7-5-6-8-21(18)41-4)43-17-11-16-12-20(35)24(36)19(16)13-17/h5-10,16-17,19-20,22-24,28,35-36H,11-14H2,1-4H3,(H,38,39)/t16-,17-,19-,20?,22?,23?,24?,28?/m0/s1. The summed E-state index contributed by atoms with van der Waals surface area (Å²) in [6.45, 7) is 4.45. The molecule has 3 heterocycles. The SMILES string of the molecule is COc1ccccc1C(CN1C(=O)N(C(C)(C)C(=O)O)C(=O)C2C(C)=C(c3ncco3)SC21)O[C@H]1C[C@H]2CC(O)C(O)[C@H]2C1. The lowest BCUT2D eigenvalue weighted by Crippen LogP contribution is -2.67. The van der Waals surface area contributed by atoms with Crippen molar-refractivity contribution in [1.29, 1.82) is 0 Å². The lowest BCUT2D eigenvalue weighted by molar-refractivity contribution is -0.157. The molecule has 3 amide bonds. The average molecular weight is 628 g/mol. The summed E-state index contributed by atoms with van der Waals surface area (Å²) in [5.41, 5.74) is -0.491. The van der Waals surface area contributed by atoms with Crippen LogP contribution in [0.25, 0.3) is 4.91 Å². The molecule has 2 aliphatic heterocycles. The molecule has 0 radical (unpaired) electrons. The van der Waals surface area contributed by atoms with Crippen molar-refractivity contribution in [3.8, 4) is 5.75 Å². The number of carboxylic acid groups (broad SMARTS) is 1. The van der Waals surface area contributed by atoms with Crippen LogP contribution in [-0.4, -0.2) is 90.9 Å². The number of thioether (sulfide) groups is 1. The van der Waals surface area contributed by atoms with Crippen LogP contribution in [0.1, 0.15) is 57.6 Å². The van der Waals surface area contributed by atoms with Gasteiger partial charge in [0.25, 0.3) is 0 Å². The van der Waals surface area contributed by atoms with Gasteiger partial charge in [-0.15, -0.1) is 0 Å². The van der Waals surface area contributed by atoms with E-state index in [1.807, 2.05) is 18.2 Å². The van der Waals surface area contributed by atoms with Crippen molar-refractivity contribution in [3.63, 3.8) is 0 Å². The fourth-order valence-electron chi connectivity index (χ4n) is 7.20. The van der Waals surface area contributed by atoms with Gasteiger partial charge in [0.05, 0.1) is 54.4 Å². The highest BCUT2D eigenvalue weighted by molar-refractivity contribution is 8.09.